The molecule has 0 spiro atoms. The first-order valence-electron chi connectivity index (χ1n) is 8.59. The molecule has 0 aliphatic carbocycles. The quantitative estimate of drug-likeness (QED) is 0.567. The van der Waals surface area contributed by atoms with Crippen molar-refractivity contribution in [2.45, 2.75) is 39.0 Å². The molecule has 7 heteroatoms. The predicted octanol–water partition coefficient (Wildman–Crippen LogP) is 3.76. The summed E-state index contributed by atoms with van der Waals surface area (Å²) in [5.74, 6) is 2.39. The van der Waals surface area contributed by atoms with Crippen molar-refractivity contribution in [1.82, 2.24) is 15.8 Å². The van der Waals surface area contributed by atoms with E-state index >= 15 is 0 Å². The molecule has 0 radical (unpaired) electrons. The molecule has 5 nitrogen and oxygen atoms in total. The van der Waals surface area contributed by atoms with E-state index in [0.29, 0.717) is 19.0 Å². The number of guanidine groups is 1. The van der Waals surface area contributed by atoms with Gasteiger partial charge in [-0.1, -0.05) is 18.1 Å². The van der Waals surface area contributed by atoms with Crippen molar-refractivity contribution in [3.05, 3.63) is 52.2 Å². The lowest BCUT2D eigenvalue weighted by Crippen LogP contribution is -2.38. The van der Waals surface area contributed by atoms with Gasteiger partial charge in [-0.3, -0.25) is 4.99 Å². The molecule has 1 unspecified atom stereocenters. The maximum atomic E-state index is 13.5. The van der Waals surface area contributed by atoms with Crippen LogP contribution in [0.5, 0.6) is 0 Å². The molecule has 1 aromatic carbocycles. The van der Waals surface area contributed by atoms with Crippen LogP contribution in [-0.2, 0) is 12.3 Å². The fourth-order valence-corrected chi connectivity index (χ4v) is 3.58. The van der Waals surface area contributed by atoms with E-state index < -0.39 is 0 Å². The van der Waals surface area contributed by atoms with E-state index in [1.165, 1.54) is 6.07 Å². The van der Waals surface area contributed by atoms with Gasteiger partial charge < -0.3 is 15.2 Å². The largest absolute Gasteiger partial charge is 0.361 e. The molecule has 0 amide bonds. The molecular weight excluding hydrogens is 351 g/mol. The molecule has 0 saturated carbocycles. The average molecular weight is 379 g/mol. The Kier molecular flexibility index (Phi) is 7.50. The Morgan fingerprint density at radius 3 is 2.69 bits per heavy atom. The zero-order valence-corrected chi connectivity index (χ0v) is 16.8. The molecular formula is C19H27FN4OS. The Bertz CT molecular complexity index is 740. The second kappa shape index (κ2) is 9.62. The summed E-state index contributed by atoms with van der Waals surface area (Å²) in [4.78, 5) is 4.27. The first-order chi connectivity index (χ1) is 12.5. The molecule has 142 valence electrons. The zero-order chi connectivity index (χ0) is 19.1. The van der Waals surface area contributed by atoms with Gasteiger partial charge in [0.25, 0.3) is 0 Å². The lowest BCUT2D eigenvalue weighted by molar-refractivity contribution is 0.391. The van der Waals surface area contributed by atoms with E-state index in [4.69, 9.17) is 4.52 Å². The van der Waals surface area contributed by atoms with Crippen LogP contribution < -0.4 is 10.6 Å². The third-order valence-electron chi connectivity index (χ3n) is 4.30. The summed E-state index contributed by atoms with van der Waals surface area (Å²) in [5, 5.41) is 10.7. The van der Waals surface area contributed by atoms with Crippen molar-refractivity contribution in [1.29, 1.82) is 0 Å². The molecule has 0 aliphatic rings. The second-order valence-electron chi connectivity index (χ2n) is 6.29. The van der Waals surface area contributed by atoms with E-state index in [1.807, 2.05) is 26.2 Å². The minimum Gasteiger partial charge on any atom is -0.361 e. The van der Waals surface area contributed by atoms with E-state index in [-0.39, 0.29) is 11.7 Å². The van der Waals surface area contributed by atoms with Crippen molar-refractivity contribution in [2.75, 3.05) is 19.8 Å². The number of benzene rings is 1. The van der Waals surface area contributed by atoms with Gasteiger partial charge in [0, 0.05) is 37.4 Å². The Hall–Kier alpha value is -2.02. The number of nitrogens with zero attached hydrogens (tertiary/aromatic N) is 2. The van der Waals surface area contributed by atoms with Crippen LogP contribution in [0.25, 0.3) is 0 Å². The van der Waals surface area contributed by atoms with E-state index in [2.05, 4.69) is 27.7 Å². The lowest BCUT2D eigenvalue weighted by Gasteiger charge is -2.17. The van der Waals surface area contributed by atoms with Gasteiger partial charge >= 0.3 is 0 Å². The van der Waals surface area contributed by atoms with E-state index in [0.717, 1.165) is 33.9 Å². The van der Waals surface area contributed by atoms with Gasteiger partial charge in [-0.15, -0.1) is 0 Å². The molecule has 1 aromatic heterocycles. The fraction of sp³-hybridized carbons (Fsp3) is 0.474. The number of aromatic nitrogens is 1. The highest BCUT2D eigenvalue weighted by Crippen LogP contribution is 2.22. The Morgan fingerprint density at radius 2 is 2.08 bits per heavy atom. The van der Waals surface area contributed by atoms with Crippen molar-refractivity contribution in [2.24, 2.45) is 4.99 Å². The highest BCUT2D eigenvalue weighted by Gasteiger charge is 2.16. The SMILES string of the molecule is CN=C(NCc1ccc(F)cc1CSC)NCC(C)c1c(C)noc1C. The molecule has 2 rings (SSSR count). The fourth-order valence-electron chi connectivity index (χ4n) is 3.00. The monoisotopic (exact) mass is 378 g/mol. The second-order valence-corrected chi connectivity index (χ2v) is 7.16. The van der Waals surface area contributed by atoms with Crippen LogP contribution in [-0.4, -0.2) is 31.0 Å². The van der Waals surface area contributed by atoms with Gasteiger partial charge in [-0.05, 0) is 43.4 Å². The van der Waals surface area contributed by atoms with Crippen LogP contribution in [0.2, 0.25) is 0 Å². The van der Waals surface area contributed by atoms with Crippen LogP contribution >= 0.6 is 11.8 Å². The van der Waals surface area contributed by atoms with Crippen LogP contribution in [0.1, 0.15) is 41.0 Å². The van der Waals surface area contributed by atoms with E-state index in [9.17, 15) is 4.39 Å². The summed E-state index contributed by atoms with van der Waals surface area (Å²) in [6, 6.07) is 4.92. The molecule has 0 aliphatic heterocycles. The number of hydrogen-bond acceptors (Lipinski definition) is 4. The summed E-state index contributed by atoms with van der Waals surface area (Å²) in [6.07, 6.45) is 2.01. The van der Waals surface area contributed by atoms with Gasteiger partial charge in [0.2, 0.25) is 0 Å². The molecule has 1 heterocycles. The summed E-state index contributed by atoms with van der Waals surface area (Å²) in [7, 11) is 1.74. The topological polar surface area (TPSA) is 62.5 Å². The van der Waals surface area contributed by atoms with Gasteiger partial charge in [0.05, 0.1) is 5.69 Å². The first kappa shape index (κ1) is 20.3. The van der Waals surface area contributed by atoms with Crippen molar-refractivity contribution >= 4 is 17.7 Å². The maximum absolute atomic E-state index is 13.5. The smallest absolute Gasteiger partial charge is 0.191 e. The molecule has 0 bridgehead atoms. The molecule has 1 atom stereocenters. The summed E-state index contributed by atoms with van der Waals surface area (Å²) >= 11 is 1.68. The molecule has 0 fully saturated rings. The lowest BCUT2D eigenvalue weighted by atomic mass is 10.00. The first-order valence-corrected chi connectivity index (χ1v) is 9.99. The number of thioether (sulfide) groups is 1. The average Bonchev–Trinajstić information content (AvgIpc) is 2.95. The Balaban J connectivity index is 1.94. The summed E-state index contributed by atoms with van der Waals surface area (Å²) in [5.41, 5.74) is 4.13. The number of rotatable bonds is 7. The molecule has 2 N–H and O–H groups in total. The number of aliphatic imine (C=N–C) groups is 1. The predicted molar refractivity (Wildman–Crippen MR) is 106 cm³/mol. The number of aryl methyl sites for hydroxylation is 2. The third-order valence-corrected chi connectivity index (χ3v) is 4.89. The van der Waals surface area contributed by atoms with Gasteiger partial charge in [0.15, 0.2) is 5.96 Å². The number of hydrogen-bond donors (Lipinski definition) is 2. The molecule has 26 heavy (non-hydrogen) atoms. The highest BCUT2D eigenvalue weighted by molar-refractivity contribution is 7.97. The van der Waals surface area contributed by atoms with Crippen molar-refractivity contribution in [3.8, 4) is 0 Å². The van der Waals surface area contributed by atoms with Gasteiger partial charge in [-0.2, -0.15) is 11.8 Å². The number of halogens is 1. The number of nitrogens with one attached hydrogen (secondary N) is 2. The van der Waals surface area contributed by atoms with Crippen LogP contribution in [0, 0.1) is 19.7 Å². The Morgan fingerprint density at radius 1 is 1.31 bits per heavy atom. The zero-order valence-electron chi connectivity index (χ0n) is 16.0. The van der Waals surface area contributed by atoms with Gasteiger partial charge in [-0.25, -0.2) is 4.39 Å². The van der Waals surface area contributed by atoms with Crippen LogP contribution in [0.15, 0.2) is 27.7 Å². The van der Waals surface area contributed by atoms with Crippen LogP contribution in [0.3, 0.4) is 0 Å². The molecule has 0 saturated heterocycles. The molecule has 2 aromatic rings. The van der Waals surface area contributed by atoms with E-state index in [1.54, 1.807) is 24.9 Å². The van der Waals surface area contributed by atoms with Gasteiger partial charge in [0.1, 0.15) is 11.6 Å². The van der Waals surface area contributed by atoms with Crippen LogP contribution in [0.4, 0.5) is 4.39 Å². The Labute approximate surface area is 158 Å². The minimum absolute atomic E-state index is 0.200. The third kappa shape index (κ3) is 5.24. The summed E-state index contributed by atoms with van der Waals surface area (Å²) < 4.78 is 18.7. The highest BCUT2D eigenvalue weighted by atomic mass is 32.2. The summed E-state index contributed by atoms with van der Waals surface area (Å²) in [6.45, 7) is 7.32. The van der Waals surface area contributed by atoms with Crippen molar-refractivity contribution in [3.63, 3.8) is 0 Å². The van der Waals surface area contributed by atoms with Crippen molar-refractivity contribution < 1.29 is 8.91 Å². The normalized spacial score (nSPS) is 12.9. The maximum Gasteiger partial charge on any atom is 0.191 e. The standard InChI is InChI=1S/C19H27FN4OS/c1-12(18-13(2)24-25-14(18)3)9-22-19(21-4)23-10-15-6-7-17(20)8-16(15)11-26-5/h6-8,12H,9-11H2,1-5H3,(H2,21,22,23). The minimum atomic E-state index is -0.200.